The number of rotatable bonds is 10. The minimum Gasteiger partial charge on any atom is -0.309 e. The zero-order valence-corrected chi connectivity index (χ0v) is 37.1. The van der Waals surface area contributed by atoms with E-state index in [0.29, 0.717) is 5.56 Å². The first-order chi connectivity index (χ1) is 33.2. The van der Waals surface area contributed by atoms with Crippen LogP contribution in [0.15, 0.2) is 237 Å². The first kappa shape index (κ1) is 40.1. The number of hydrogen-bond acceptors (Lipinski definition) is 4. The van der Waals surface area contributed by atoms with Gasteiger partial charge in [0.05, 0.1) is 34.1 Å². The first-order valence-corrected chi connectivity index (χ1v) is 23.2. The summed E-state index contributed by atoms with van der Waals surface area (Å²) in [6, 6.07) is 83.1. The van der Waals surface area contributed by atoms with Gasteiger partial charge in [0.2, 0.25) is 0 Å². The Bertz CT molecular complexity index is 3660. The summed E-state index contributed by atoms with van der Waals surface area (Å²) in [5, 5.41) is 2.22. The second-order valence-corrected chi connectivity index (χ2v) is 17.3. The van der Waals surface area contributed by atoms with Crippen LogP contribution in [-0.4, -0.2) is 13.3 Å². The monoisotopic (exact) mass is 880 g/mol. The van der Waals surface area contributed by atoms with Crippen molar-refractivity contribution in [2.45, 2.75) is 6.67 Å². The fourth-order valence-electron chi connectivity index (χ4n) is 9.56. The third kappa shape index (κ3) is 7.34. The Balaban J connectivity index is 0.987. The molecule has 12 rings (SSSR count). The zero-order chi connectivity index (χ0) is 44.7. The van der Waals surface area contributed by atoms with E-state index >= 15 is 0 Å². The van der Waals surface area contributed by atoms with Gasteiger partial charge in [-0.2, -0.15) is 8.75 Å². The molecular weight excluding hydrogens is 840 g/mol. The highest BCUT2D eigenvalue weighted by atomic mass is 32.1. The topological polar surface area (TPSA) is 34.0 Å². The summed E-state index contributed by atoms with van der Waals surface area (Å²) in [6.07, 6.45) is 0. The molecule has 0 unspecified atom stereocenters. The predicted octanol–water partition coefficient (Wildman–Crippen LogP) is 17.1. The lowest BCUT2D eigenvalue weighted by atomic mass is 9.93. The second-order valence-electron chi connectivity index (χ2n) is 16.8. The number of aromatic nitrogens is 3. The molecule has 6 heteroatoms. The maximum atomic E-state index is 14.5. The fourth-order valence-corrected chi connectivity index (χ4v) is 10.1. The van der Waals surface area contributed by atoms with E-state index in [1.807, 2.05) is 36.4 Å². The van der Waals surface area contributed by atoms with E-state index in [-0.39, 0.29) is 0 Å². The van der Waals surface area contributed by atoms with Crippen LogP contribution >= 0.6 is 11.7 Å². The molecule has 10 aromatic carbocycles. The Morgan fingerprint density at radius 2 is 0.866 bits per heavy atom. The highest BCUT2D eigenvalue weighted by Crippen LogP contribution is 2.44. The van der Waals surface area contributed by atoms with Crippen molar-refractivity contribution in [3.63, 3.8) is 0 Å². The lowest BCUT2D eigenvalue weighted by Crippen LogP contribution is -2.10. The van der Waals surface area contributed by atoms with E-state index in [0.717, 1.165) is 89.0 Å². The molecule has 0 aliphatic rings. The number of nitrogens with zero attached hydrogens (tertiary/aromatic N) is 4. The second kappa shape index (κ2) is 17.2. The quantitative estimate of drug-likeness (QED) is 0.137. The van der Waals surface area contributed by atoms with Crippen LogP contribution in [0.25, 0.3) is 94.2 Å². The van der Waals surface area contributed by atoms with Gasteiger partial charge >= 0.3 is 0 Å². The molecule has 0 bridgehead atoms. The molecule has 318 valence electrons. The van der Waals surface area contributed by atoms with Crippen LogP contribution in [0.4, 0.5) is 21.5 Å². The van der Waals surface area contributed by atoms with Crippen molar-refractivity contribution in [2.24, 2.45) is 0 Å². The molecule has 0 fully saturated rings. The van der Waals surface area contributed by atoms with Crippen molar-refractivity contribution in [1.82, 2.24) is 13.3 Å². The normalized spacial score (nSPS) is 11.4. The summed E-state index contributed by atoms with van der Waals surface area (Å²) in [6.45, 7) is -0.554. The number of halogens is 1. The molecule has 0 amide bonds. The van der Waals surface area contributed by atoms with Crippen LogP contribution < -0.4 is 4.90 Å². The third-order valence-electron chi connectivity index (χ3n) is 12.8. The van der Waals surface area contributed by atoms with E-state index in [9.17, 15) is 4.39 Å². The SMILES string of the molecule is FCc1ccccc1-n1c2ccccc2c2ccc(-c3ccc(N(c4ccc(-c5ccccc5)cc4)c4ccc(-c5cc(-c6ccccc6)cc(-c6ccccc6)c5)cc4)c4nsnc34)cc21. The van der Waals surface area contributed by atoms with Crippen LogP contribution in [-0.2, 0) is 6.67 Å². The van der Waals surface area contributed by atoms with Crippen molar-refractivity contribution in [1.29, 1.82) is 0 Å². The Labute approximate surface area is 392 Å². The van der Waals surface area contributed by atoms with Gasteiger partial charge in [0, 0.05) is 33.3 Å². The van der Waals surface area contributed by atoms with Crippen LogP contribution in [0.2, 0.25) is 0 Å². The van der Waals surface area contributed by atoms with Crippen molar-refractivity contribution >= 4 is 61.6 Å². The largest absolute Gasteiger partial charge is 0.309 e. The van der Waals surface area contributed by atoms with Gasteiger partial charge in [-0.1, -0.05) is 164 Å². The number of hydrogen-bond donors (Lipinski definition) is 0. The van der Waals surface area contributed by atoms with Gasteiger partial charge in [-0.05, 0) is 123 Å². The lowest BCUT2D eigenvalue weighted by Gasteiger charge is -2.26. The molecule has 67 heavy (non-hydrogen) atoms. The highest BCUT2D eigenvalue weighted by Gasteiger charge is 2.22. The molecule has 0 aliphatic carbocycles. The minimum absolute atomic E-state index is 0.554. The van der Waals surface area contributed by atoms with Crippen LogP contribution in [0, 0.1) is 0 Å². The zero-order valence-electron chi connectivity index (χ0n) is 36.3. The number of anilines is 3. The number of alkyl halides is 1. The summed E-state index contributed by atoms with van der Waals surface area (Å²) < 4.78 is 26.7. The summed E-state index contributed by atoms with van der Waals surface area (Å²) in [5.74, 6) is 0. The molecule has 0 atom stereocenters. The lowest BCUT2D eigenvalue weighted by molar-refractivity contribution is 0.484. The van der Waals surface area contributed by atoms with E-state index in [1.54, 1.807) is 0 Å². The van der Waals surface area contributed by atoms with Crippen LogP contribution in [0.5, 0.6) is 0 Å². The maximum absolute atomic E-state index is 14.5. The van der Waals surface area contributed by atoms with Crippen molar-refractivity contribution < 1.29 is 4.39 Å². The number of benzene rings is 10. The Morgan fingerprint density at radius 3 is 1.48 bits per heavy atom. The first-order valence-electron chi connectivity index (χ1n) is 22.4. The van der Waals surface area contributed by atoms with Gasteiger partial charge in [-0.15, -0.1) is 0 Å². The highest BCUT2D eigenvalue weighted by molar-refractivity contribution is 7.00. The molecule has 0 spiro atoms. The van der Waals surface area contributed by atoms with Gasteiger partial charge in [0.1, 0.15) is 17.7 Å². The minimum atomic E-state index is -0.554. The Morgan fingerprint density at radius 1 is 0.388 bits per heavy atom. The summed E-state index contributed by atoms with van der Waals surface area (Å²) in [7, 11) is 0. The van der Waals surface area contributed by atoms with Crippen molar-refractivity contribution in [2.75, 3.05) is 4.90 Å². The Kier molecular flexibility index (Phi) is 10.3. The Hall–Kier alpha value is -8.45. The average molecular weight is 881 g/mol. The maximum Gasteiger partial charge on any atom is 0.129 e. The standard InChI is InChI=1S/C61H41FN4S/c62-40-47-20-10-12-22-56(47)66-57-23-13-11-21-54(57)55-33-28-46(39-59(55)66)53-34-35-58(61-60(53)63-67-64-61)65(51-29-24-44(25-30-51)41-14-4-1-5-15-41)52-31-26-45(27-32-52)50-37-48(42-16-6-2-7-17-42)36-49(38-50)43-18-8-3-9-19-43/h1-39H,40H2. The molecular formula is C61H41FN4S. The molecule has 2 heterocycles. The molecule has 0 radical (unpaired) electrons. The van der Waals surface area contributed by atoms with Gasteiger partial charge in [-0.25, -0.2) is 4.39 Å². The average Bonchev–Trinajstić information content (AvgIpc) is 4.03. The van der Waals surface area contributed by atoms with E-state index in [2.05, 4.69) is 210 Å². The molecule has 4 nitrogen and oxygen atoms in total. The van der Waals surface area contributed by atoms with E-state index in [4.69, 9.17) is 8.75 Å². The van der Waals surface area contributed by atoms with Crippen molar-refractivity contribution in [3.05, 3.63) is 242 Å². The fraction of sp³-hybridized carbons (Fsp3) is 0.0164. The number of fused-ring (bicyclic) bond motifs is 4. The van der Waals surface area contributed by atoms with Crippen molar-refractivity contribution in [3.8, 4) is 61.3 Å². The molecule has 0 saturated heterocycles. The molecule has 0 N–H and O–H groups in total. The van der Waals surface area contributed by atoms with Gasteiger partial charge in [0.15, 0.2) is 0 Å². The third-order valence-corrected chi connectivity index (χ3v) is 13.4. The summed E-state index contributed by atoms with van der Waals surface area (Å²) in [4.78, 5) is 2.29. The van der Waals surface area contributed by atoms with Crippen LogP contribution in [0.1, 0.15) is 5.56 Å². The van der Waals surface area contributed by atoms with Gasteiger partial charge in [-0.3, -0.25) is 0 Å². The van der Waals surface area contributed by atoms with Gasteiger partial charge < -0.3 is 9.47 Å². The van der Waals surface area contributed by atoms with Gasteiger partial charge in [0.25, 0.3) is 0 Å². The van der Waals surface area contributed by atoms with E-state index in [1.165, 1.54) is 34.0 Å². The van der Waals surface area contributed by atoms with Crippen LogP contribution in [0.3, 0.4) is 0 Å². The molecule has 2 aromatic heterocycles. The smallest absolute Gasteiger partial charge is 0.129 e. The predicted molar refractivity (Wildman–Crippen MR) is 278 cm³/mol. The summed E-state index contributed by atoms with van der Waals surface area (Å²) in [5.41, 5.74) is 19.3. The molecule has 12 aromatic rings. The summed E-state index contributed by atoms with van der Waals surface area (Å²) >= 11 is 1.22. The van der Waals surface area contributed by atoms with E-state index < -0.39 is 6.67 Å². The molecule has 0 saturated carbocycles. The number of para-hydroxylation sites is 2. The molecule has 0 aliphatic heterocycles.